The van der Waals surface area contributed by atoms with Gasteiger partial charge in [0.1, 0.15) is 17.4 Å². The monoisotopic (exact) mass is 333 g/mol. The first kappa shape index (κ1) is 18.3. The Morgan fingerprint density at radius 3 is 2.71 bits per heavy atom. The molecule has 2 rings (SSSR count). The molecule has 0 radical (unpaired) electrons. The lowest BCUT2D eigenvalue weighted by atomic mass is 9.98. The summed E-state index contributed by atoms with van der Waals surface area (Å²) in [7, 11) is 0. The fraction of sp³-hybridized carbons (Fsp3) is 0.667. The summed E-state index contributed by atoms with van der Waals surface area (Å²) < 4.78 is 10.7. The summed E-state index contributed by atoms with van der Waals surface area (Å²) in [6, 6.07) is 5.62. The van der Waals surface area contributed by atoms with E-state index in [0.717, 1.165) is 18.6 Å². The predicted octanol–water partition coefficient (Wildman–Crippen LogP) is 3.32. The summed E-state index contributed by atoms with van der Waals surface area (Å²) in [5.74, 6) is 1.58. The third-order valence-electron chi connectivity index (χ3n) is 4.14. The van der Waals surface area contributed by atoms with E-state index in [1.54, 1.807) is 12.1 Å². The fourth-order valence-electron chi connectivity index (χ4n) is 3.04. The summed E-state index contributed by atoms with van der Waals surface area (Å²) >= 11 is 0. The van der Waals surface area contributed by atoms with Gasteiger partial charge in [-0.05, 0) is 51.7 Å². The zero-order valence-corrected chi connectivity index (χ0v) is 14.7. The number of ether oxygens (including phenoxy) is 1. The lowest BCUT2D eigenvalue weighted by molar-refractivity contribution is 0.0518. The van der Waals surface area contributed by atoms with Crippen molar-refractivity contribution < 1.29 is 13.9 Å². The molecule has 1 aromatic heterocycles. The van der Waals surface area contributed by atoms with Gasteiger partial charge in [-0.2, -0.15) is 5.26 Å². The molecule has 1 saturated carbocycles. The second kappa shape index (κ2) is 8.20. The standard InChI is InChI=1S/C18H27N3O3/c1-18(2,3)24-17(22)21-12-16(13-6-4-5-7-13)20-11-15-9-8-14(10-19)23-15/h8-9,13,16,20H,4-7,11-12H2,1-3H3,(H,21,22). The van der Waals surface area contributed by atoms with Crippen LogP contribution in [-0.2, 0) is 11.3 Å². The van der Waals surface area contributed by atoms with Gasteiger partial charge in [-0.3, -0.25) is 0 Å². The van der Waals surface area contributed by atoms with E-state index in [-0.39, 0.29) is 6.04 Å². The van der Waals surface area contributed by atoms with Crippen LogP contribution in [0.3, 0.4) is 0 Å². The molecule has 1 aliphatic rings. The van der Waals surface area contributed by atoms with Gasteiger partial charge in [0, 0.05) is 12.6 Å². The highest BCUT2D eigenvalue weighted by Crippen LogP contribution is 2.27. The van der Waals surface area contributed by atoms with Crippen LogP contribution in [0, 0.1) is 17.2 Å². The number of carbonyl (C=O) groups is 1. The second-order valence-corrected chi connectivity index (χ2v) is 7.29. The van der Waals surface area contributed by atoms with Crippen molar-refractivity contribution in [2.75, 3.05) is 6.54 Å². The minimum absolute atomic E-state index is 0.163. The lowest BCUT2D eigenvalue weighted by Gasteiger charge is -2.26. The first-order valence-electron chi connectivity index (χ1n) is 8.56. The number of nitrogens with zero attached hydrogens (tertiary/aromatic N) is 1. The van der Waals surface area contributed by atoms with E-state index in [1.807, 2.05) is 26.8 Å². The molecule has 0 aromatic carbocycles. The van der Waals surface area contributed by atoms with Gasteiger partial charge in [0.25, 0.3) is 0 Å². The highest BCUT2D eigenvalue weighted by molar-refractivity contribution is 5.67. The Labute approximate surface area is 143 Å². The minimum atomic E-state index is -0.498. The molecule has 0 bridgehead atoms. The topological polar surface area (TPSA) is 87.3 Å². The third kappa shape index (κ3) is 5.89. The molecule has 0 spiro atoms. The zero-order chi connectivity index (χ0) is 17.6. The molecule has 1 amide bonds. The number of furan rings is 1. The van der Waals surface area contributed by atoms with Crippen LogP contribution in [-0.4, -0.2) is 24.3 Å². The number of nitrogens with one attached hydrogen (secondary N) is 2. The average Bonchev–Trinajstić information content (AvgIpc) is 3.16. The van der Waals surface area contributed by atoms with E-state index in [1.165, 1.54) is 12.8 Å². The third-order valence-corrected chi connectivity index (χ3v) is 4.14. The Morgan fingerprint density at radius 1 is 1.42 bits per heavy atom. The molecule has 1 atom stereocenters. The molecule has 1 aliphatic carbocycles. The number of rotatable bonds is 6. The first-order chi connectivity index (χ1) is 11.4. The Bertz CT molecular complexity index is 577. The van der Waals surface area contributed by atoms with Crippen molar-refractivity contribution in [3.05, 3.63) is 23.7 Å². The van der Waals surface area contributed by atoms with Crippen molar-refractivity contribution in [3.8, 4) is 6.07 Å². The van der Waals surface area contributed by atoms with Gasteiger partial charge in [-0.15, -0.1) is 0 Å². The van der Waals surface area contributed by atoms with Crippen molar-refractivity contribution in [2.24, 2.45) is 5.92 Å². The summed E-state index contributed by atoms with van der Waals surface area (Å²) in [5, 5.41) is 15.1. The van der Waals surface area contributed by atoms with Gasteiger partial charge in [-0.25, -0.2) is 4.79 Å². The second-order valence-electron chi connectivity index (χ2n) is 7.29. The average molecular weight is 333 g/mol. The summed E-state index contributed by atoms with van der Waals surface area (Å²) in [4.78, 5) is 11.9. The Kier molecular flexibility index (Phi) is 6.27. The zero-order valence-electron chi connectivity index (χ0n) is 14.7. The van der Waals surface area contributed by atoms with E-state index in [2.05, 4.69) is 10.6 Å². The predicted molar refractivity (Wildman–Crippen MR) is 90.2 cm³/mol. The van der Waals surface area contributed by atoms with E-state index < -0.39 is 11.7 Å². The summed E-state index contributed by atoms with van der Waals surface area (Å²) in [6.07, 6.45) is 4.39. The lowest BCUT2D eigenvalue weighted by Crippen LogP contribution is -2.45. The van der Waals surface area contributed by atoms with Crippen LogP contribution in [0.15, 0.2) is 16.5 Å². The molecule has 1 unspecified atom stereocenters. The minimum Gasteiger partial charge on any atom is -0.449 e. The maximum absolute atomic E-state index is 11.9. The van der Waals surface area contributed by atoms with Gasteiger partial charge in [0.05, 0.1) is 6.54 Å². The number of alkyl carbamates (subject to hydrolysis) is 1. The number of hydrogen-bond acceptors (Lipinski definition) is 5. The smallest absolute Gasteiger partial charge is 0.407 e. The van der Waals surface area contributed by atoms with Crippen LogP contribution in [0.25, 0.3) is 0 Å². The molecule has 1 heterocycles. The highest BCUT2D eigenvalue weighted by atomic mass is 16.6. The molecule has 2 N–H and O–H groups in total. The van der Waals surface area contributed by atoms with E-state index >= 15 is 0 Å². The Hall–Kier alpha value is -2.00. The number of nitriles is 1. The van der Waals surface area contributed by atoms with Gasteiger partial charge < -0.3 is 19.8 Å². The van der Waals surface area contributed by atoms with Gasteiger partial charge in [0.15, 0.2) is 0 Å². The van der Waals surface area contributed by atoms with Crippen molar-refractivity contribution in [2.45, 2.75) is 64.6 Å². The molecular formula is C18H27N3O3. The van der Waals surface area contributed by atoms with Crippen LogP contribution >= 0.6 is 0 Å². The van der Waals surface area contributed by atoms with E-state index in [0.29, 0.717) is 24.8 Å². The molecule has 1 fully saturated rings. The van der Waals surface area contributed by atoms with Crippen molar-refractivity contribution in [1.82, 2.24) is 10.6 Å². The molecular weight excluding hydrogens is 306 g/mol. The Balaban J connectivity index is 1.87. The van der Waals surface area contributed by atoms with Crippen molar-refractivity contribution >= 4 is 6.09 Å². The molecule has 6 nitrogen and oxygen atoms in total. The van der Waals surface area contributed by atoms with Gasteiger partial charge in [0.2, 0.25) is 5.76 Å². The van der Waals surface area contributed by atoms with Crippen LogP contribution in [0.4, 0.5) is 4.79 Å². The molecule has 132 valence electrons. The quantitative estimate of drug-likeness (QED) is 0.834. The number of carbonyl (C=O) groups excluding carboxylic acids is 1. The summed E-state index contributed by atoms with van der Waals surface area (Å²) in [5.41, 5.74) is -0.498. The first-order valence-corrected chi connectivity index (χ1v) is 8.56. The fourth-order valence-corrected chi connectivity index (χ4v) is 3.04. The molecule has 24 heavy (non-hydrogen) atoms. The SMILES string of the molecule is CC(C)(C)OC(=O)NCC(NCc1ccc(C#N)o1)C1CCCC1. The van der Waals surface area contributed by atoms with Crippen LogP contribution in [0.2, 0.25) is 0 Å². The van der Waals surface area contributed by atoms with Crippen molar-refractivity contribution in [3.63, 3.8) is 0 Å². The highest BCUT2D eigenvalue weighted by Gasteiger charge is 2.26. The molecule has 1 aromatic rings. The van der Waals surface area contributed by atoms with Crippen LogP contribution in [0.1, 0.15) is 58.0 Å². The largest absolute Gasteiger partial charge is 0.449 e. The van der Waals surface area contributed by atoms with E-state index in [9.17, 15) is 4.79 Å². The van der Waals surface area contributed by atoms with Gasteiger partial charge in [-0.1, -0.05) is 12.8 Å². The molecule has 0 saturated heterocycles. The molecule has 0 aliphatic heterocycles. The maximum atomic E-state index is 11.9. The van der Waals surface area contributed by atoms with Crippen LogP contribution < -0.4 is 10.6 Å². The number of amides is 1. The normalized spacial score (nSPS) is 16.6. The Morgan fingerprint density at radius 2 is 2.12 bits per heavy atom. The number of hydrogen-bond donors (Lipinski definition) is 2. The van der Waals surface area contributed by atoms with Crippen LogP contribution in [0.5, 0.6) is 0 Å². The van der Waals surface area contributed by atoms with Crippen molar-refractivity contribution in [1.29, 1.82) is 5.26 Å². The van der Waals surface area contributed by atoms with Gasteiger partial charge >= 0.3 is 6.09 Å². The van der Waals surface area contributed by atoms with E-state index in [4.69, 9.17) is 14.4 Å². The summed E-state index contributed by atoms with van der Waals surface area (Å²) in [6.45, 7) is 6.61. The maximum Gasteiger partial charge on any atom is 0.407 e. The molecule has 6 heteroatoms.